The molecule has 1 saturated heterocycles. The molecule has 0 unspecified atom stereocenters. The van der Waals surface area contributed by atoms with Crippen LogP contribution in [0.5, 0.6) is 0 Å². The van der Waals surface area contributed by atoms with E-state index in [2.05, 4.69) is 6.92 Å². The smallest absolute Gasteiger partial charge is 0.417 e. The average Bonchev–Trinajstić information content (AvgIpc) is 3.14. The van der Waals surface area contributed by atoms with Gasteiger partial charge in [0.25, 0.3) is 0 Å². The van der Waals surface area contributed by atoms with Gasteiger partial charge in [-0.1, -0.05) is 43.7 Å². The number of rotatable bonds is 3. The number of cyclic esters (lactones) is 1. The molecular weight excluding hydrogens is 242 g/mol. The molecule has 0 spiro atoms. The molecule has 1 saturated carbocycles. The Morgan fingerprint density at radius 2 is 2.11 bits per heavy atom. The van der Waals surface area contributed by atoms with Gasteiger partial charge in [0.15, 0.2) is 0 Å². The highest BCUT2D eigenvalue weighted by molar-refractivity contribution is 5.96. The van der Waals surface area contributed by atoms with Crippen molar-refractivity contribution in [3.8, 4) is 0 Å². The van der Waals surface area contributed by atoms with Crippen LogP contribution in [-0.2, 0) is 9.53 Å². The topological polar surface area (TPSA) is 46.6 Å². The summed E-state index contributed by atoms with van der Waals surface area (Å²) < 4.78 is 5.07. The van der Waals surface area contributed by atoms with E-state index in [0.717, 1.165) is 18.4 Å². The van der Waals surface area contributed by atoms with Gasteiger partial charge in [0.1, 0.15) is 12.6 Å². The molecule has 1 aromatic rings. The standard InChI is InChI=1S/C15H17NO3/c1-2-10-8-12(10)14(17)16-13(9-19-15(16)18)11-6-4-3-5-7-11/h3-7,10,12-13H,2,8-9H2,1H3/t10-,12+,13-/m0/s1. The van der Waals surface area contributed by atoms with Crippen LogP contribution in [0.2, 0.25) is 0 Å². The highest BCUT2D eigenvalue weighted by atomic mass is 16.6. The highest BCUT2D eigenvalue weighted by Gasteiger charge is 2.49. The normalized spacial score (nSPS) is 29.2. The Kier molecular flexibility index (Phi) is 3.01. The Labute approximate surface area is 112 Å². The van der Waals surface area contributed by atoms with Gasteiger partial charge in [-0.05, 0) is 17.9 Å². The number of hydrogen-bond donors (Lipinski definition) is 0. The Hall–Kier alpha value is -1.84. The molecule has 1 aromatic carbocycles. The van der Waals surface area contributed by atoms with Crippen LogP contribution in [0.3, 0.4) is 0 Å². The molecule has 0 N–H and O–H groups in total. The lowest BCUT2D eigenvalue weighted by atomic mass is 10.1. The van der Waals surface area contributed by atoms with Gasteiger partial charge >= 0.3 is 6.09 Å². The minimum Gasteiger partial charge on any atom is -0.446 e. The summed E-state index contributed by atoms with van der Waals surface area (Å²) >= 11 is 0. The van der Waals surface area contributed by atoms with Gasteiger partial charge in [0.05, 0.1) is 0 Å². The molecule has 2 aliphatic rings. The minimum atomic E-state index is -0.499. The molecule has 2 fully saturated rings. The molecule has 0 bridgehead atoms. The van der Waals surface area contributed by atoms with Crippen molar-refractivity contribution in [1.29, 1.82) is 0 Å². The molecule has 2 amide bonds. The van der Waals surface area contributed by atoms with Crippen molar-refractivity contribution in [2.24, 2.45) is 11.8 Å². The number of imide groups is 1. The zero-order chi connectivity index (χ0) is 13.4. The van der Waals surface area contributed by atoms with E-state index in [1.165, 1.54) is 4.90 Å². The molecule has 1 aliphatic carbocycles. The first-order valence-electron chi connectivity index (χ1n) is 6.77. The number of nitrogens with zero attached hydrogens (tertiary/aromatic N) is 1. The van der Waals surface area contributed by atoms with Crippen LogP contribution in [0.4, 0.5) is 4.79 Å². The monoisotopic (exact) mass is 259 g/mol. The molecule has 1 aliphatic heterocycles. The van der Waals surface area contributed by atoms with E-state index in [4.69, 9.17) is 4.74 Å². The fourth-order valence-corrected chi connectivity index (χ4v) is 2.77. The molecule has 0 aromatic heterocycles. The first-order chi connectivity index (χ1) is 9.22. The zero-order valence-electron chi connectivity index (χ0n) is 10.9. The van der Waals surface area contributed by atoms with E-state index < -0.39 is 6.09 Å². The number of ether oxygens (including phenoxy) is 1. The van der Waals surface area contributed by atoms with E-state index in [0.29, 0.717) is 5.92 Å². The quantitative estimate of drug-likeness (QED) is 0.838. The van der Waals surface area contributed by atoms with E-state index in [1.807, 2.05) is 30.3 Å². The lowest BCUT2D eigenvalue weighted by Crippen LogP contribution is -2.35. The van der Waals surface area contributed by atoms with Crippen LogP contribution < -0.4 is 0 Å². The van der Waals surface area contributed by atoms with E-state index in [9.17, 15) is 9.59 Å². The molecular formula is C15H17NO3. The van der Waals surface area contributed by atoms with Gasteiger partial charge in [-0.15, -0.1) is 0 Å². The van der Waals surface area contributed by atoms with Crippen LogP contribution in [0.1, 0.15) is 31.4 Å². The van der Waals surface area contributed by atoms with Crippen molar-refractivity contribution in [1.82, 2.24) is 4.90 Å². The average molecular weight is 259 g/mol. The molecule has 19 heavy (non-hydrogen) atoms. The van der Waals surface area contributed by atoms with Crippen molar-refractivity contribution in [2.75, 3.05) is 6.61 Å². The first-order valence-corrected chi connectivity index (χ1v) is 6.77. The van der Waals surface area contributed by atoms with Gasteiger partial charge in [-0.3, -0.25) is 4.79 Å². The van der Waals surface area contributed by atoms with Crippen molar-refractivity contribution in [3.05, 3.63) is 35.9 Å². The second-order valence-corrected chi connectivity index (χ2v) is 5.22. The van der Waals surface area contributed by atoms with Crippen LogP contribution in [0.15, 0.2) is 30.3 Å². The van der Waals surface area contributed by atoms with Gasteiger partial charge < -0.3 is 4.74 Å². The maximum absolute atomic E-state index is 12.4. The third-order valence-corrected chi connectivity index (χ3v) is 4.06. The van der Waals surface area contributed by atoms with E-state index >= 15 is 0 Å². The molecule has 4 heteroatoms. The summed E-state index contributed by atoms with van der Waals surface area (Å²) in [5.74, 6) is 0.391. The van der Waals surface area contributed by atoms with Gasteiger partial charge in [-0.25, -0.2) is 9.69 Å². The van der Waals surface area contributed by atoms with E-state index in [1.54, 1.807) is 0 Å². The second kappa shape index (κ2) is 4.68. The largest absolute Gasteiger partial charge is 0.446 e. The summed E-state index contributed by atoms with van der Waals surface area (Å²) in [5.41, 5.74) is 0.954. The summed E-state index contributed by atoms with van der Waals surface area (Å²) in [4.78, 5) is 25.5. The molecule has 3 rings (SSSR count). The third kappa shape index (κ3) is 2.11. The molecule has 1 heterocycles. The fraction of sp³-hybridized carbons (Fsp3) is 0.467. The number of carbonyl (C=O) groups excluding carboxylic acids is 2. The molecule has 0 radical (unpaired) electrons. The van der Waals surface area contributed by atoms with Crippen molar-refractivity contribution in [3.63, 3.8) is 0 Å². The van der Waals surface area contributed by atoms with Crippen LogP contribution in [0, 0.1) is 11.8 Å². The molecule has 100 valence electrons. The Morgan fingerprint density at radius 3 is 2.74 bits per heavy atom. The molecule has 3 atom stereocenters. The molecule has 4 nitrogen and oxygen atoms in total. The van der Waals surface area contributed by atoms with Crippen LogP contribution in [-0.4, -0.2) is 23.5 Å². The van der Waals surface area contributed by atoms with Crippen LogP contribution >= 0.6 is 0 Å². The Balaban J connectivity index is 1.82. The van der Waals surface area contributed by atoms with E-state index in [-0.39, 0.29) is 24.5 Å². The summed E-state index contributed by atoms with van der Waals surface area (Å²) in [6.45, 7) is 2.34. The summed E-state index contributed by atoms with van der Waals surface area (Å²) in [7, 11) is 0. The van der Waals surface area contributed by atoms with Gasteiger partial charge in [0, 0.05) is 5.92 Å². The highest BCUT2D eigenvalue weighted by Crippen LogP contribution is 2.44. The lowest BCUT2D eigenvalue weighted by Gasteiger charge is -2.20. The number of amides is 2. The second-order valence-electron chi connectivity index (χ2n) is 5.22. The first kappa shape index (κ1) is 12.2. The summed E-state index contributed by atoms with van der Waals surface area (Å²) in [6, 6.07) is 9.33. The van der Waals surface area contributed by atoms with Crippen molar-refractivity contribution >= 4 is 12.0 Å². The van der Waals surface area contributed by atoms with Gasteiger partial charge in [0.2, 0.25) is 5.91 Å². The SMILES string of the molecule is CC[C@H]1C[C@H]1C(=O)N1C(=O)OC[C@H]1c1ccccc1. The third-order valence-electron chi connectivity index (χ3n) is 4.06. The Morgan fingerprint density at radius 1 is 1.37 bits per heavy atom. The fourth-order valence-electron chi connectivity index (χ4n) is 2.77. The predicted octanol–water partition coefficient (Wildman–Crippen LogP) is 2.75. The predicted molar refractivity (Wildman–Crippen MR) is 69.3 cm³/mol. The Bertz CT molecular complexity index is 499. The van der Waals surface area contributed by atoms with Gasteiger partial charge in [-0.2, -0.15) is 0 Å². The number of carbonyl (C=O) groups is 2. The zero-order valence-corrected chi connectivity index (χ0v) is 10.9. The van der Waals surface area contributed by atoms with Crippen molar-refractivity contribution < 1.29 is 14.3 Å². The maximum Gasteiger partial charge on any atom is 0.417 e. The maximum atomic E-state index is 12.4. The van der Waals surface area contributed by atoms with Crippen molar-refractivity contribution in [2.45, 2.75) is 25.8 Å². The minimum absolute atomic E-state index is 0.0156. The summed E-state index contributed by atoms with van der Waals surface area (Å²) in [5, 5.41) is 0. The number of hydrogen-bond acceptors (Lipinski definition) is 3. The lowest BCUT2D eigenvalue weighted by molar-refractivity contribution is -0.131. The van der Waals surface area contributed by atoms with Crippen LogP contribution in [0.25, 0.3) is 0 Å². The summed E-state index contributed by atoms with van der Waals surface area (Å²) in [6.07, 6.45) is 1.40. The number of benzene rings is 1.